The second kappa shape index (κ2) is 7.70. The second-order valence-corrected chi connectivity index (χ2v) is 8.26. The number of carbonyl (C=O) groups excluding carboxylic acids is 2. The molecule has 0 bridgehead atoms. The van der Waals surface area contributed by atoms with Gasteiger partial charge in [-0.2, -0.15) is 13.2 Å². The molecule has 31 heavy (non-hydrogen) atoms. The van der Waals surface area contributed by atoms with E-state index in [1.54, 1.807) is 24.3 Å². The van der Waals surface area contributed by atoms with E-state index in [1.807, 2.05) is 0 Å². The Morgan fingerprint density at radius 2 is 1.97 bits per heavy atom. The van der Waals surface area contributed by atoms with E-state index in [1.165, 1.54) is 35.0 Å². The van der Waals surface area contributed by atoms with Gasteiger partial charge in [0.25, 0.3) is 0 Å². The highest BCUT2D eigenvalue weighted by Gasteiger charge is 2.67. The van der Waals surface area contributed by atoms with E-state index in [4.69, 9.17) is 16.0 Å². The van der Waals surface area contributed by atoms with E-state index < -0.39 is 35.7 Å². The molecule has 6 nitrogen and oxygen atoms in total. The van der Waals surface area contributed by atoms with Crippen LogP contribution in [0.15, 0.2) is 58.3 Å². The fraction of sp³-hybridized carbons (Fsp3) is 0.200. The number of Topliss-reactive ketones (excluding diaryl/α,β-unsaturated/α-hetero) is 1. The number of hydrogen-bond donors (Lipinski definition) is 3. The van der Waals surface area contributed by atoms with Gasteiger partial charge in [-0.15, -0.1) is 11.3 Å². The van der Waals surface area contributed by atoms with Crippen molar-refractivity contribution < 1.29 is 32.3 Å². The summed E-state index contributed by atoms with van der Waals surface area (Å²) in [6.45, 7) is 0. The Balaban J connectivity index is 1.80. The minimum atomic E-state index is -5.33. The number of urea groups is 1. The summed E-state index contributed by atoms with van der Waals surface area (Å²) in [5.74, 6) is -2.99. The van der Waals surface area contributed by atoms with Crippen molar-refractivity contribution in [3.8, 4) is 11.3 Å². The van der Waals surface area contributed by atoms with Crippen LogP contribution in [-0.4, -0.2) is 28.8 Å². The van der Waals surface area contributed by atoms with E-state index >= 15 is 0 Å². The third-order valence-corrected chi connectivity index (χ3v) is 6.01. The number of aliphatic hydroxyl groups is 1. The Kier molecular flexibility index (Phi) is 5.32. The summed E-state index contributed by atoms with van der Waals surface area (Å²) >= 11 is 6.89. The molecule has 2 aromatic heterocycles. The maximum Gasteiger partial charge on any atom is 0.437 e. The molecule has 1 aliphatic rings. The lowest BCUT2D eigenvalue weighted by Crippen LogP contribution is -2.72. The summed E-state index contributed by atoms with van der Waals surface area (Å²) in [4.78, 5) is 25.1. The Morgan fingerprint density at radius 1 is 1.19 bits per heavy atom. The first kappa shape index (κ1) is 21.4. The lowest BCUT2D eigenvalue weighted by Gasteiger charge is -2.44. The minimum absolute atomic E-state index is 0.00255. The molecular weight excluding hydrogens is 457 g/mol. The van der Waals surface area contributed by atoms with Crippen LogP contribution in [0.3, 0.4) is 0 Å². The van der Waals surface area contributed by atoms with Crippen molar-refractivity contribution in [1.82, 2.24) is 10.6 Å². The van der Waals surface area contributed by atoms with E-state index in [9.17, 15) is 27.9 Å². The minimum Gasteiger partial charge on any atom is -0.459 e. The van der Waals surface area contributed by atoms with Crippen LogP contribution in [0.2, 0.25) is 5.02 Å². The summed E-state index contributed by atoms with van der Waals surface area (Å²) in [6.07, 6.45) is -5.33. The molecule has 0 aliphatic carbocycles. The van der Waals surface area contributed by atoms with E-state index in [2.05, 4.69) is 5.32 Å². The summed E-state index contributed by atoms with van der Waals surface area (Å²) in [7, 11) is 0. The van der Waals surface area contributed by atoms with Gasteiger partial charge in [0.15, 0.2) is 5.78 Å². The van der Waals surface area contributed by atoms with Crippen LogP contribution in [0, 0.1) is 5.92 Å². The normalized spacial score (nSPS) is 23.8. The van der Waals surface area contributed by atoms with E-state index in [0.717, 1.165) is 11.3 Å². The van der Waals surface area contributed by atoms with Crippen LogP contribution >= 0.6 is 22.9 Å². The van der Waals surface area contributed by atoms with E-state index in [-0.39, 0.29) is 16.4 Å². The molecule has 1 aliphatic heterocycles. The first-order valence-corrected chi connectivity index (χ1v) is 10.2. The van der Waals surface area contributed by atoms with Crippen LogP contribution in [-0.2, 0) is 0 Å². The van der Waals surface area contributed by atoms with Crippen molar-refractivity contribution in [2.24, 2.45) is 5.92 Å². The van der Waals surface area contributed by atoms with Gasteiger partial charge in [-0.25, -0.2) is 4.79 Å². The monoisotopic (exact) mass is 470 g/mol. The third-order valence-electron chi connectivity index (χ3n) is 4.90. The number of benzene rings is 1. The van der Waals surface area contributed by atoms with Crippen LogP contribution in [0.5, 0.6) is 0 Å². The molecule has 3 heterocycles. The molecule has 162 valence electrons. The quantitative estimate of drug-likeness (QED) is 0.479. The number of amides is 2. The molecule has 3 atom stereocenters. The van der Waals surface area contributed by atoms with Crippen LogP contribution in [0.25, 0.3) is 11.3 Å². The van der Waals surface area contributed by atoms with Gasteiger partial charge in [0.2, 0.25) is 5.72 Å². The Labute approximate surface area is 182 Å². The Hall–Kier alpha value is -2.82. The first-order valence-electron chi connectivity index (χ1n) is 8.91. The molecule has 3 aromatic rings. The standard InChI is InChI=1S/C20H14ClF3N2O4S/c21-11-4-1-3-10(9-11)12-6-7-13(30-12)16-15(17(27)14-5-2-8-31-14)19(29,20(22,23)24)26-18(28)25-16/h1-9,15-16,29H,(H2,25,26,28)/t15-,16+,19+/m0/s1. The molecule has 4 rings (SSSR count). The lowest BCUT2D eigenvalue weighted by molar-refractivity contribution is -0.287. The molecule has 1 aromatic carbocycles. The SMILES string of the molecule is O=C1N[C@H](c2ccc(-c3cccc(Cl)c3)o2)[C@@H](C(=O)c2cccs2)[C@@](O)(C(F)(F)F)N1. The highest BCUT2D eigenvalue weighted by atomic mass is 35.5. The number of rotatable bonds is 4. The van der Waals surface area contributed by atoms with Crippen molar-refractivity contribution in [3.63, 3.8) is 0 Å². The van der Waals surface area contributed by atoms with Crippen LogP contribution in [0.4, 0.5) is 18.0 Å². The summed E-state index contributed by atoms with van der Waals surface area (Å²) in [6, 6.07) is 9.37. The van der Waals surface area contributed by atoms with Gasteiger partial charge in [-0.05, 0) is 35.7 Å². The Morgan fingerprint density at radius 3 is 2.61 bits per heavy atom. The summed E-state index contributed by atoms with van der Waals surface area (Å²) in [5, 5.41) is 16.2. The number of ketones is 1. The first-order chi connectivity index (χ1) is 14.6. The predicted octanol–water partition coefficient (Wildman–Crippen LogP) is 4.77. The molecule has 1 saturated heterocycles. The number of thiophene rings is 1. The summed E-state index contributed by atoms with van der Waals surface area (Å²) < 4.78 is 47.3. The van der Waals surface area contributed by atoms with Crippen molar-refractivity contribution in [2.75, 3.05) is 0 Å². The number of halogens is 4. The topological polar surface area (TPSA) is 91.6 Å². The molecule has 0 unspecified atom stereocenters. The van der Waals surface area contributed by atoms with Gasteiger partial charge in [-0.1, -0.05) is 29.8 Å². The molecular formula is C20H14ClF3N2O4S. The number of carbonyl (C=O) groups is 2. The zero-order valence-electron chi connectivity index (χ0n) is 15.4. The van der Waals surface area contributed by atoms with Crippen molar-refractivity contribution in [3.05, 3.63) is 69.6 Å². The largest absolute Gasteiger partial charge is 0.459 e. The van der Waals surface area contributed by atoms with Gasteiger partial charge in [0.1, 0.15) is 23.5 Å². The van der Waals surface area contributed by atoms with Gasteiger partial charge < -0.3 is 20.2 Å². The van der Waals surface area contributed by atoms with Crippen molar-refractivity contribution >= 4 is 34.8 Å². The molecule has 11 heteroatoms. The molecule has 1 fully saturated rings. The van der Waals surface area contributed by atoms with Crippen molar-refractivity contribution in [2.45, 2.75) is 17.9 Å². The second-order valence-electron chi connectivity index (χ2n) is 6.87. The van der Waals surface area contributed by atoms with Gasteiger partial charge in [-0.3, -0.25) is 4.79 Å². The highest BCUT2D eigenvalue weighted by molar-refractivity contribution is 7.12. The third kappa shape index (κ3) is 3.82. The fourth-order valence-electron chi connectivity index (χ4n) is 3.47. The zero-order valence-corrected chi connectivity index (χ0v) is 17.0. The fourth-order valence-corrected chi connectivity index (χ4v) is 4.36. The van der Waals surface area contributed by atoms with E-state index in [0.29, 0.717) is 10.6 Å². The number of nitrogens with one attached hydrogen (secondary N) is 2. The molecule has 3 N–H and O–H groups in total. The maximum absolute atomic E-state index is 13.9. The number of alkyl halides is 3. The average molecular weight is 471 g/mol. The molecule has 0 saturated carbocycles. The molecule has 0 spiro atoms. The van der Waals surface area contributed by atoms with Gasteiger partial charge in [0.05, 0.1) is 4.88 Å². The number of hydrogen-bond acceptors (Lipinski definition) is 5. The van der Waals surface area contributed by atoms with Gasteiger partial charge >= 0.3 is 12.2 Å². The lowest BCUT2D eigenvalue weighted by atomic mass is 9.80. The van der Waals surface area contributed by atoms with Crippen LogP contribution < -0.4 is 10.6 Å². The highest BCUT2D eigenvalue weighted by Crippen LogP contribution is 2.45. The van der Waals surface area contributed by atoms with Crippen molar-refractivity contribution in [1.29, 1.82) is 0 Å². The smallest absolute Gasteiger partial charge is 0.437 e. The Bertz CT molecular complexity index is 1130. The predicted molar refractivity (Wildman–Crippen MR) is 107 cm³/mol. The molecule has 0 radical (unpaired) electrons. The average Bonchev–Trinajstić information content (AvgIpc) is 3.38. The maximum atomic E-state index is 13.9. The summed E-state index contributed by atoms with van der Waals surface area (Å²) in [5.41, 5.74) is -3.25. The molecule has 2 amide bonds. The van der Waals surface area contributed by atoms with Crippen LogP contribution in [0.1, 0.15) is 21.5 Å². The zero-order chi connectivity index (χ0) is 22.4. The number of furan rings is 1. The van der Waals surface area contributed by atoms with Gasteiger partial charge in [0, 0.05) is 10.6 Å².